The van der Waals surface area contributed by atoms with Crippen LogP contribution in [0, 0.1) is 0 Å². The van der Waals surface area contributed by atoms with E-state index in [2.05, 4.69) is 0 Å². The fraction of sp³-hybridized carbons (Fsp3) is 0.0435. The number of carboxylic acids is 2. The Morgan fingerprint density at radius 2 is 1.36 bits per heavy atom. The van der Waals surface area contributed by atoms with Crippen LogP contribution in [0.4, 0.5) is 0 Å². The fourth-order valence-corrected chi connectivity index (χ4v) is 3.89. The lowest BCUT2D eigenvalue weighted by Gasteiger charge is -2.14. The maximum absolute atomic E-state index is 12.1. The number of halogens is 1. The summed E-state index contributed by atoms with van der Waals surface area (Å²) in [4.78, 5) is 23.6. The summed E-state index contributed by atoms with van der Waals surface area (Å²) >= 11 is 6.50. The van der Waals surface area contributed by atoms with Crippen molar-refractivity contribution in [1.82, 2.24) is 0 Å². The van der Waals surface area contributed by atoms with Gasteiger partial charge in [-0.1, -0.05) is 54.1 Å². The molecule has 138 valence electrons. The predicted octanol–water partition coefficient (Wildman–Crippen LogP) is 5.63. The molecule has 0 aromatic heterocycles. The zero-order valence-corrected chi connectivity index (χ0v) is 15.4. The van der Waals surface area contributed by atoms with Gasteiger partial charge in [0.2, 0.25) is 0 Å². The lowest BCUT2D eigenvalue weighted by Crippen LogP contribution is -2.08. The maximum Gasteiger partial charge on any atom is 0.336 e. The Balaban J connectivity index is 1.99. The fourth-order valence-electron chi connectivity index (χ4n) is 3.60. The monoisotopic (exact) mass is 390 g/mol. The lowest BCUT2D eigenvalue weighted by atomic mass is 9.91. The average molecular weight is 391 g/mol. The zero-order chi connectivity index (χ0) is 19.8. The molecule has 0 atom stereocenters. The van der Waals surface area contributed by atoms with E-state index in [4.69, 9.17) is 11.6 Å². The van der Waals surface area contributed by atoms with Crippen molar-refractivity contribution in [1.29, 1.82) is 0 Å². The third-order valence-corrected chi connectivity index (χ3v) is 5.19. The molecule has 0 saturated carbocycles. The van der Waals surface area contributed by atoms with Gasteiger partial charge in [-0.3, -0.25) is 0 Å². The van der Waals surface area contributed by atoms with Crippen molar-refractivity contribution in [3.63, 3.8) is 0 Å². The number of benzene rings is 4. The molecule has 2 N–H and O–H groups in total. The third kappa shape index (κ3) is 3.08. The largest absolute Gasteiger partial charge is 0.478 e. The highest BCUT2D eigenvalue weighted by atomic mass is 35.5. The molecule has 0 saturated heterocycles. The molecule has 0 spiro atoms. The van der Waals surface area contributed by atoms with E-state index in [0.717, 1.165) is 10.8 Å². The second kappa shape index (κ2) is 6.98. The molecule has 0 unspecified atom stereocenters. The van der Waals surface area contributed by atoms with Crippen LogP contribution in [0.3, 0.4) is 0 Å². The smallest absolute Gasteiger partial charge is 0.336 e. The summed E-state index contributed by atoms with van der Waals surface area (Å²) in [6.07, 6.45) is 0.159. The second-order valence-corrected chi connectivity index (χ2v) is 6.99. The molecule has 4 rings (SSSR count). The molecule has 4 nitrogen and oxygen atoms in total. The van der Waals surface area contributed by atoms with Crippen LogP contribution in [0.5, 0.6) is 0 Å². The Morgan fingerprint density at radius 1 is 0.750 bits per heavy atom. The van der Waals surface area contributed by atoms with Gasteiger partial charge in [-0.25, -0.2) is 9.59 Å². The number of rotatable bonds is 4. The van der Waals surface area contributed by atoms with E-state index in [9.17, 15) is 19.8 Å². The van der Waals surface area contributed by atoms with Gasteiger partial charge in [-0.05, 0) is 58.0 Å². The van der Waals surface area contributed by atoms with Gasteiger partial charge in [0.15, 0.2) is 0 Å². The van der Waals surface area contributed by atoms with E-state index >= 15 is 0 Å². The van der Waals surface area contributed by atoms with E-state index in [1.807, 2.05) is 36.4 Å². The van der Waals surface area contributed by atoms with Crippen molar-refractivity contribution in [2.45, 2.75) is 6.42 Å². The van der Waals surface area contributed by atoms with Crippen LogP contribution in [0.25, 0.3) is 21.5 Å². The van der Waals surface area contributed by atoms with Crippen molar-refractivity contribution in [3.8, 4) is 0 Å². The summed E-state index contributed by atoms with van der Waals surface area (Å²) < 4.78 is 0. The topological polar surface area (TPSA) is 74.6 Å². The van der Waals surface area contributed by atoms with E-state index in [1.54, 1.807) is 24.3 Å². The molecule has 0 aliphatic heterocycles. The van der Waals surface area contributed by atoms with Gasteiger partial charge in [0.25, 0.3) is 0 Å². The van der Waals surface area contributed by atoms with Crippen molar-refractivity contribution in [2.75, 3.05) is 0 Å². The molecule has 0 fully saturated rings. The Hall–Kier alpha value is -3.37. The number of hydrogen-bond donors (Lipinski definition) is 2. The second-order valence-electron chi connectivity index (χ2n) is 6.58. The van der Waals surface area contributed by atoms with E-state index in [-0.39, 0.29) is 17.5 Å². The standard InChI is InChI=1S/C23H15ClO4/c24-20-12-16(9-15-7-3-4-8-17(15)22(25)26)21(23(27)28)19-11-14-6-2-1-5-13(14)10-18(19)20/h1-8,10-12H,9H2,(H,25,26)(H,27,28). The molecule has 0 aliphatic carbocycles. The SMILES string of the molecule is O=C(O)c1ccccc1Cc1cc(Cl)c2cc3ccccc3cc2c1C(=O)O. The van der Waals surface area contributed by atoms with Gasteiger partial charge < -0.3 is 10.2 Å². The van der Waals surface area contributed by atoms with Crippen LogP contribution in [0.1, 0.15) is 31.8 Å². The first-order chi connectivity index (χ1) is 13.5. The van der Waals surface area contributed by atoms with Gasteiger partial charge in [0, 0.05) is 10.4 Å². The number of hydrogen-bond acceptors (Lipinski definition) is 2. The van der Waals surface area contributed by atoms with E-state index in [1.165, 1.54) is 6.07 Å². The molecule has 4 aromatic rings. The minimum atomic E-state index is -1.07. The average Bonchev–Trinajstić information content (AvgIpc) is 2.67. The number of carboxylic acid groups (broad SMARTS) is 2. The summed E-state index contributed by atoms with van der Waals surface area (Å²) in [5, 5.41) is 22.9. The summed E-state index contributed by atoms with van der Waals surface area (Å²) in [5.74, 6) is -2.12. The first-order valence-corrected chi connectivity index (χ1v) is 9.02. The molecule has 28 heavy (non-hydrogen) atoms. The third-order valence-electron chi connectivity index (χ3n) is 4.88. The van der Waals surface area contributed by atoms with Crippen LogP contribution >= 0.6 is 11.6 Å². The number of aromatic carboxylic acids is 2. The molecule has 4 aromatic carbocycles. The summed E-state index contributed by atoms with van der Waals surface area (Å²) in [6.45, 7) is 0. The Bertz CT molecular complexity index is 1260. The predicted molar refractivity (Wildman–Crippen MR) is 110 cm³/mol. The van der Waals surface area contributed by atoms with Crippen molar-refractivity contribution >= 4 is 45.1 Å². The summed E-state index contributed by atoms with van der Waals surface area (Å²) in [7, 11) is 0. The molecule has 0 aliphatic rings. The Kier molecular flexibility index (Phi) is 4.49. The van der Waals surface area contributed by atoms with Crippen molar-refractivity contribution in [2.24, 2.45) is 0 Å². The summed E-state index contributed by atoms with van der Waals surface area (Å²) in [6, 6.07) is 19.6. The van der Waals surface area contributed by atoms with E-state index in [0.29, 0.717) is 26.9 Å². The lowest BCUT2D eigenvalue weighted by molar-refractivity contribution is 0.0687. The molecule has 5 heteroatoms. The highest BCUT2D eigenvalue weighted by molar-refractivity contribution is 6.36. The molecule has 0 amide bonds. The normalized spacial score (nSPS) is 11.0. The summed E-state index contributed by atoms with van der Waals surface area (Å²) in [5.41, 5.74) is 1.31. The van der Waals surface area contributed by atoms with Gasteiger partial charge in [-0.2, -0.15) is 0 Å². The minimum absolute atomic E-state index is 0.144. The molecular formula is C23H15ClO4. The Morgan fingerprint density at radius 3 is 2.00 bits per heavy atom. The van der Waals surface area contributed by atoms with Gasteiger partial charge in [0.1, 0.15) is 0 Å². The zero-order valence-electron chi connectivity index (χ0n) is 14.6. The van der Waals surface area contributed by atoms with Gasteiger partial charge in [0.05, 0.1) is 11.1 Å². The van der Waals surface area contributed by atoms with Crippen LogP contribution < -0.4 is 0 Å². The van der Waals surface area contributed by atoms with Crippen molar-refractivity contribution < 1.29 is 19.8 Å². The number of fused-ring (bicyclic) bond motifs is 2. The van der Waals surface area contributed by atoms with Crippen LogP contribution in [0.15, 0.2) is 66.7 Å². The minimum Gasteiger partial charge on any atom is -0.478 e. The molecular weight excluding hydrogens is 376 g/mol. The molecule has 0 radical (unpaired) electrons. The highest BCUT2D eigenvalue weighted by Gasteiger charge is 2.20. The van der Waals surface area contributed by atoms with Crippen molar-refractivity contribution in [3.05, 3.63) is 94.0 Å². The van der Waals surface area contributed by atoms with Crippen LogP contribution in [-0.4, -0.2) is 22.2 Å². The molecule has 0 bridgehead atoms. The van der Waals surface area contributed by atoms with Crippen LogP contribution in [0.2, 0.25) is 5.02 Å². The first kappa shape index (κ1) is 18.0. The van der Waals surface area contributed by atoms with E-state index < -0.39 is 11.9 Å². The quantitative estimate of drug-likeness (QED) is 0.442. The van der Waals surface area contributed by atoms with Crippen LogP contribution in [-0.2, 0) is 6.42 Å². The Labute approximate surface area is 165 Å². The molecule has 0 heterocycles. The number of carbonyl (C=O) groups is 2. The van der Waals surface area contributed by atoms with Gasteiger partial charge >= 0.3 is 11.9 Å². The maximum atomic E-state index is 12.1. The highest BCUT2D eigenvalue weighted by Crippen LogP contribution is 2.34. The first-order valence-electron chi connectivity index (χ1n) is 8.64. The van der Waals surface area contributed by atoms with Gasteiger partial charge in [-0.15, -0.1) is 0 Å².